The molecule has 0 N–H and O–H groups in total. The highest BCUT2D eigenvalue weighted by atomic mass is 79.9. The Kier molecular flexibility index (Phi) is 2.57. The average molecular weight is 309 g/mol. The van der Waals surface area contributed by atoms with E-state index in [1.54, 1.807) is 12.1 Å². The fraction of sp³-hybridized carbons (Fsp3) is 0.333. The van der Waals surface area contributed by atoms with E-state index in [9.17, 15) is 4.79 Å². The van der Waals surface area contributed by atoms with E-state index >= 15 is 0 Å². The molecule has 0 aromatic carbocycles. The van der Waals surface area contributed by atoms with Gasteiger partial charge in [0.05, 0.1) is 4.47 Å². The molecule has 0 atom stereocenters. The number of hydrogen-bond donors (Lipinski definition) is 0. The van der Waals surface area contributed by atoms with Gasteiger partial charge in [-0.2, -0.15) is 5.26 Å². The Morgan fingerprint density at radius 3 is 2.94 bits per heavy atom. The lowest BCUT2D eigenvalue weighted by molar-refractivity contribution is 0.630. The molecule has 0 amide bonds. The molecule has 1 saturated carbocycles. The zero-order chi connectivity index (χ0) is 12.0. The van der Waals surface area contributed by atoms with E-state index < -0.39 is 0 Å². The monoisotopic (exact) mass is 308 g/mol. The van der Waals surface area contributed by atoms with Crippen molar-refractivity contribution in [1.82, 2.24) is 4.57 Å². The predicted molar refractivity (Wildman–Crippen MR) is 71.2 cm³/mol. The van der Waals surface area contributed by atoms with Crippen LogP contribution >= 0.6 is 27.3 Å². The first-order valence-corrected chi connectivity index (χ1v) is 7.03. The number of pyridine rings is 1. The molecule has 5 heteroatoms. The number of aromatic nitrogens is 1. The van der Waals surface area contributed by atoms with Crippen LogP contribution in [0.4, 0.5) is 0 Å². The van der Waals surface area contributed by atoms with Crippen LogP contribution in [0.25, 0.3) is 10.2 Å². The molecule has 0 saturated heterocycles. The second-order valence-corrected chi connectivity index (χ2v) is 6.09. The Bertz CT molecular complexity index is 691. The van der Waals surface area contributed by atoms with Gasteiger partial charge < -0.3 is 0 Å². The largest absolute Gasteiger partial charge is 0.299 e. The molecule has 2 heterocycles. The summed E-state index contributed by atoms with van der Waals surface area (Å²) in [7, 11) is 0. The van der Waals surface area contributed by atoms with Gasteiger partial charge >= 0.3 is 0 Å². The van der Waals surface area contributed by atoms with Crippen LogP contribution in [-0.4, -0.2) is 4.57 Å². The molecule has 0 bridgehead atoms. The predicted octanol–water partition coefficient (Wildman–Crippen LogP) is 3.11. The fourth-order valence-corrected chi connectivity index (χ4v) is 3.68. The number of fused-ring (bicyclic) bond motifs is 1. The van der Waals surface area contributed by atoms with Gasteiger partial charge in [-0.25, -0.2) is 0 Å². The van der Waals surface area contributed by atoms with E-state index in [4.69, 9.17) is 5.26 Å². The molecule has 0 spiro atoms. The zero-order valence-corrected chi connectivity index (χ0v) is 11.3. The fourth-order valence-electron chi connectivity index (χ4n) is 1.91. The van der Waals surface area contributed by atoms with Crippen molar-refractivity contribution in [3.63, 3.8) is 0 Å². The van der Waals surface area contributed by atoms with Crippen molar-refractivity contribution >= 4 is 37.5 Å². The van der Waals surface area contributed by atoms with Crippen LogP contribution in [0.15, 0.2) is 21.4 Å². The van der Waals surface area contributed by atoms with Crippen LogP contribution in [0.2, 0.25) is 0 Å². The average Bonchev–Trinajstić information content (AvgIpc) is 3.07. The van der Waals surface area contributed by atoms with Gasteiger partial charge in [0.25, 0.3) is 5.56 Å². The maximum atomic E-state index is 11.9. The standard InChI is InChI=1S/C12H9BrN2OS/c13-11-8-3-4-10(16)15(6-7-1-2-7)12(8)17-9(11)5-14/h3-4,7H,1-2,6H2. The zero-order valence-electron chi connectivity index (χ0n) is 8.94. The van der Waals surface area contributed by atoms with Crippen LogP contribution in [0.5, 0.6) is 0 Å². The van der Waals surface area contributed by atoms with Gasteiger partial charge in [0.2, 0.25) is 0 Å². The Morgan fingerprint density at radius 1 is 1.53 bits per heavy atom. The summed E-state index contributed by atoms with van der Waals surface area (Å²) in [5.41, 5.74) is 0.0302. The molecule has 1 fully saturated rings. The van der Waals surface area contributed by atoms with Gasteiger partial charge in [0, 0.05) is 18.0 Å². The molecular weight excluding hydrogens is 300 g/mol. The molecule has 3 nitrogen and oxygen atoms in total. The van der Waals surface area contributed by atoms with E-state index in [1.807, 2.05) is 4.57 Å². The molecule has 0 unspecified atom stereocenters. The number of nitrogens with zero attached hydrogens (tertiary/aromatic N) is 2. The summed E-state index contributed by atoms with van der Waals surface area (Å²) in [6.07, 6.45) is 2.42. The second kappa shape index (κ2) is 3.97. The third-order valence-electron chi connectivity index (χ3n) is 3.01. The van der Waals surface area contributed by atoms with E-state index in [-0.39, 0.29) is 5.56 Å². The Hall–Kier alpha value is -1.12. The van der Waals surface area contributed by atoms with E-state index in [2.05, 4.69) is 22.0 Å². The first-order valence-electron chi connectivity index (χ1n) is 5.42. The Labute approximate surface area is 110 Å². The van der Waals surface area contributed by atoms with Crippen LogP contribution < -0.4 is 5.56 Å². The summed E-state index contributed by atoms with van der Waals surface area (Å²) in [4.78, 5) is 13.4. The Balaban J connectivity index is 2.27. The normalized spacial score (nSPS) is 15.1. The summed E-state index contributed by atoms with van der Waals surface area (Å²) in [6, 6.07) is 5.54. The highest BCUT2D eigenvalue weighted by Gasteiger charge is 2.24. The van der Waals surface area contributed by atoms with Gasteiger partial charge in [0.15, 0.2) is 0 Å². The number of rotatable bonds is 2. The van der Waals surface area contributed by atoms with E-state index in [1.165, 1.54) is 24.2 Å². The first-order chi connectivity index (χ1) is 8.20. The highest BCUT2D eigenvalue weighted by molar-refractivity contribution is 9.10. The molecular formula is C12H9BrN2OS. The third-order valence-corrected chi connectivity index (χ3v) is 5.23. The molecule has 0 radical (unpaired) electrons. The van der Waals surface area contributed by atoms with Gasteiger partial charge in [0.1, 0.15) is 15.8 Å². The third kappa shape index (κ3) is 1.81. The number of thiophene rings is 1. The minimum atomic E-state index is 0.0302. The molecule has 3 rings (SSSR count). The van der Waals surface area contributed by atoms with Gasteiger partial charge in [-0.1, -0.05) is 0 Å². The summed E-state index contributed by atoms with van der Waals surface area (Å²) < 4.78 is 2.62. The molecule has 1 aliphatic carbocycles. The van der Waals surface area contributed by atoms with Crippen LogP contribution in [-0.2, 0) is 6.54 Å². The van der Waals surface area contributed by atoms with E-state index in [0.717, 1.165) is 21.2 Å². The lowest BCUT2D eigenvalue weighted by Crippen LogP contribution is -2.19. The number of hydrogen-bond acceptors (Lipinski definition) is 3. The maximum absolute atomic E-state index is 11.9. The quantitative estimate of drug-likeness (QED) is 0.855. The lowest BCUT2D eigenvalue weighted by atomic mass is 10.3. The van der Waals surface area contributed by atoms with Crippen LogP contribution in [0.3, 0.4) is 0 Å². The minimum Gasteiger partial charge on any atom is -0.299 e. The van der Waals surface area contributed by atoms with E-state index in [0.29, 0.717) is 10.8 Å². The SMILES string of the molecule is N#Cc1sc2c(ccc(=O)n2CC2CC2)c1Br. The summed E-state index contributed by atoms with van der Waals surface area (Å²) in [5, 5.41) is 9.98. The molecule has 17 heavy (non-hydrogen) atoms. The van der Waals surface area contributed by atoms with Crippen molar-refractivity contribution in [2.75, 3.05) is 0 Å². The highest BCUT2D eigenvalue weighted by Crippen LogP contribution is 2.36. The van der Waals surface area contributed by atoms with Crippen LogP contribution in [0.1, 0.15) is 17.7 Å². The first kappa shape index (κ1) is 11.0. The molecule has 0 aliphatic heterocycles. The number of halogens is 1. The molecule has 2 aromatic heterocycles. The summed E-state index contributed by atoms with van der Waals surface area (Å²) in [6.45, 7) is 0.786. The van der Waals surface area contributed by atoms with Crippen molar-refractivity contribution in [3.8, 4) is 6.07 Å². The minimum absolute atomic E-state index is 0.0302. The number of nitriles is 1. The van der Waals surface area contributed by atoms with Crippen molar-refractivity contribution in [2.24, 2.45) is 5.92 Å². The van der Waals surface area contributed by atoms with Crippen molar-refractivity contribution in [1.29, 1.82) is 5.26 Å². The summed E-state index contributed by atoms with van der Waals surface area (Å²) >= 11 is 4.81. The van der Waals surface area contributed by atoms with Crippen molar-refractivity contribution in [2.45, 2.75) is 19.4 Å². The van der Waals surface area contributed by atoms with Gasteiger partial charge in [-0.15, -0.1) is 11.3 Å². The topological polar surface area (TPSA) is 45.8 Å². The van der Waals surface area contributed by atoms with Crippen molar-refractivity contribution in [3.05, 3.63) is 31.8 Å². The van der Waals surface area contributed by atoms with Crippen molar-refractivity contribution < 1.29 is 0 Å². The van der Waals surface area contributed by atoms with Crippen LogP contribution in [0, 0.1) is 17.2 Å². The maximum Gasteiger partial charge on any atom is 0.251 e. The molecule has 2 aromatic rings. The smallest absolute Gasteiger partial charge is 0.251 e. The lowest BCUT2D eigenvalue weighted by Gasteiger charge is -2.05. The molecule has 1 aliphatic rings. The van der Waals surface area contributed by atoms with Gasteiger partial charge in [-0.3, -0.25) is 9.36 Å². The molecule has 86 valence electrons. The Morgan fingerprint density at radius 2 is 2.29 bits per heavy atom. The second-order valence-electron chi connectivity index (χ2n) is 4.30. The summed E-state index contributed by atoms with van der Waals surface area (Å²) in [5.74, 6) is 0.643. The van der Waals surface area contributed by atoms with Gasteiger partial charge in [-0.05, 0) is 40.8 Å².